The van der Waals surface area contributed by atoms with E-state index in [4.69, 9.17) is 4.74 Å². The molecule has 2 aromatic heterocycles. The zero-order valence-corrected chi connectivity index (χ0v) is 14.0. The number of sulfonamides is 1. The molecule has 1 N–H and O–H groups in total. The number of fused-ring (bicyclic) bond motifs is 2. The van der Waals surface area contributed by atoms with E-state index < -0.39 is 10.0 Å². The molecule has 124 valence electrons. The number of hydrogen-bond donors (Lipinski definition) is 1. The van der Waals surface area contributed by atoms with E-state index in [9.17, 15) is 8.42 Å². The van der Waals surface area contributed by atoms with Gasteiger partial charge in [0.05, 0.1) is 11.1 Å². The molecule has 0 amide bonds. The molecule has 1 aromatic carbocycles. The van der Waals surface area contributed by atoms with Gasteiger partial charge in [-0.3, -0.25) is 4.72 Å². The third kappa shape index (κ3) is 2.48. The number of hydrogen-bond acceptors (Lipinski definition) is 5. The van der Waals surface area contributed by atoms with Crippen molar-refractivity contribution >= 4 is 21.5 Å². The van der Waals surface area contributed by atoms with Crippen LogP contribution >= 0.6 is 0 Å². The molecule has 1 aliphatic heterocycles. The van der Waals surface area contributed by atoms with Crippen molar-refractivity contribution in [3.63, 3.8) is 0 Å². The number of benzene rings is 1. The fraction of sp³-hybridized carbons (Fsp3) is 0.250. The molecule has 24 heavy (non-hydrogen) atoms. The van der Waals surface area contributed by atoms with Gasteiger partial charge in [-0.1, -0.05) is 0 Å². The number of rotatable bonds is 3. The topological polar surface area (TPSA) is 85.6 Å². The minimum absolute atomic E-state index is 0.194. The summed E-state index contributed by atoms with van der Waals surface area (Å²) in [6.07, 6.45) is 3.77. The zero-order chi connectivity index (χ0) is 16.9. The Balaban J connectivity index is 1.70. The van der Waals surface area contributed by atoms with Crippen molar-refractivity contribution in [2.75, 3.05) is 4.72 Å². The maximum atomic E-state index is 12.7. The molecular formula is C16H16N4O3S. The van der Waals surface area contributed by atoms with Crippen LogP contribution in [0.5, 0.6) is 5.75 Å². The minimum Gasteiger partial charge on any atom is -0.487 e. The maximum absolute atomic E-state index is 12.7. The van der Waals surface area contributed by atoms with Crippen molar-refractivity contribution in [2.24, 2.45) is 0 Å². The van der Waals surface area contributed by atoms with Crippen LogP contribution in [0.4, 0.5) is 5.82 Å². The van der Waals surface area contributed by atoms with Gasteiger partial charge in [-0.2, -0.15) is 9.61 Å². The van der Waals surface area contributed by atoms with Crippen LogP contribution in [0.15, 0.2) is 47.6 Å². The second-order valence-electron chi connectivity index (χ2n) is 6.34. The molecule has 0 saturated carbocycles. The monoisotopic (exact) mass is 344 g/mol. The summed E-state index contributed by atoms with van der Waals surface area (Å²) in [5.41, 5.74) is 1.14. The molecular weight excluding hydrogens is 328 g/mol. The zero-order valence-electron chi connectivity index (χ0n) is 13.2. The molecule has 1 aliphatic rings. The van der Waals surface area contributed by atoms with E-state index in [0.717, 1.165) is 11.3 Å². The first-order chi connectivity index (χ1) is 11.3. The van der Waals surface area contributed by atoms with Gasteiger partial charge in [-0.05, 0) is 43.7 Å². The van der Waals surface area contributed by atoms with Crippen LogP contribution in [-0.4, -0.2) is 28.6 Å². The summed E-state index contributed by atoms with van der Waals surface area (Å²) in [6, 6.07) is 8.18. The molecule has 3 heterocycles. The Hall–Kier alpha value is -2.61. The summed E-state index contributed by atoms with van der Waals surface area (Å²) >= 11 is 0. The molecule has 8 heteroatoms. The van der Waals surface area contributed by atoms with Crippen molar-refractivity contribution in [1.29, 1.82) is 0 Å². The lowest BCUT2D eigenvalue weighted by Gasteiger charge is -2.16. The second-order valence-corrected chi connectivity index (χ2v) is 8.03. The Bertz CT molecular complexity index is 1040. The SMILES string of the molecule is CC1(C)Cc2cc(S(=O)(=O)Nc3ccnc4ccnn34)ccc2O1. The third-order valence-corrected chi connectivity index (χ3v) is 5.23. The average Bonchev–Trinajstić information content (AvgIpc) is 3.08. The van der Waals surface area contributed by atoms with Crippen LogP contribution in [0.1, 0.15) is 19.4 Å². The van der Waals surface area contributed by atoms with E-state index in [2.05, 4.69) is 14.8 Å². The molecule has 7 nitrogen and oxygen atoms in total. The van der Waals surface area contributed by atoms with Gasteiger partial charge in [0.2, 0.25) is 0 Å². The molecule has 0 spiro atoms. The smallest absolute Gasteiger partial charge is 0.263 e. The highest BCUT2D eigenvalue weighted by atomic mass is 32.2. The number of ether oxygens (including phenoxy) is 1. The molecule has 3 aromatic rings. The van der Waals surface area contributed by atoms with Gasteiger partial charge in [0.15, 0.2) is 5.65 Å². The lowest BCUT2D eigenvalue weighted by molar-refractivity contribution is 0.138. The fourth-order valence-electron chi connectivity index (χ4n) is 2.86. The van der Waals surface area contributed by atoms with E-state index in [1.54, 1.807) is 36.5 Å². The van der Waals surface area contributed by atoms with E-state index in [0.29, 0.717) is 17.9 Å². The van der Waals surface area contributed by atoms with Crippen LogP contribution < -0.4 is 9.46 Å². The van der Waals surface area contributed by atoms with Crippen LogP contribution in [0, 0.1) is 0 Å². The standard InChI is InChI=1S/C16H16N4O3S/c1-16(2)10-11-9-12(3-4-13(11)23-16)24(21,22)19-15-5-7-17-14-6-8-18-20(14)15/h3-9,19H,10H2,1-2H3. The van der Waals surface area contributed by atoms with Gasteiger partial charge in [0.25, 0.3) is 10.0 Å². The van der Waals surface area contributed by atoms with Gasteiger partial charge in [-0.25, -0.2) is 13.4 Å². The molecule has 0 bridgehead atoms. The Morgan fingerprint density at radius 3 is 2.88 bits per heavy atom. The molecule has 0 aliphatic carbocycles. The van der Waals surface area contributed by atoms with E-state index in [-0.39, 0.29) is 10.5 Å². The summed E-state index contributed by atoms with van der Waals surface area (Å²) in [4.78, 5) is 4.31. The summed E-state index contributed by atoms with van der Waals surface area (Å²) in [6.45, 7) is 3.95. The second kappa shape index (κ2) is 4.94. The first-order valence-electron chi connectivity index (χ1n) is 7.48. The van der Waals surface area contributed by atoms with Crippen LogP contribution in [-0.2, 0) is 16.4 Å². The van der Waals surface area contributed by atoms with E-state index in [1.165, 1.54) is 10.7 Å². The van der Waals surface area contributed by atoms with Crippen molar-refractivity contribution in [1.82, 2.24) is 14.6 Å². The van der Waals surface area contributed by atoms with Gasteiger partial charge in [0.1, 0.15) is 17.2 Å². The Morgan fingerprint density at radius 2 is 2.04 bits per heavy atom. The Morgan fingerprint density at radius 1 is 1.21 bits per heavy atom. The molecule has 0 radical (unpaired) electrons. The highest BCUT2D eigenvalue weighted by molar-refractivity contribution is 7.92. The number of anilines is 1. The van der Waals surface area contributed by atoms with Crippen LogP contribution in [0.25, 0.3) is 5.65 Å². The Kier molecular flexibility index (Phi) is 3.08. The predicted molar refractivity (Wildman–Crippen MR) is 88.6 cm³/mol. The van der Waals surface area contributed by atoms with Gasteiger partial charge in [0, 0.05) is 18.7 Å². The molecule has 0 unspecified atom stereocenters. The summed E-state index contributed by atoms with van der Waals surface area (Å²) < 4.78 is 35.2. The first kappa shape index (κ1) is 14.9. The van der Waals surface area contributed by atoms with E-state index in [1.807, 2.05) is 13.8 Å². The summed E-state index contributed by atoms with van der Waals surface area (Å²) in [5.74, 6) is 1.07. The van der Waals surface area contributed by atoms with Crippen molar-refractivity contribution < 1.29 is 13.2 Å². The number of nitrogens with one attached hydrogen (secondary N) is 1. The Labute approximate surface area is 139 Å². The quantitative estimate of drug-likeness (QED) is 0.787. The number of nitrogens with zero attached hydrogens (tertiary/aromatic N) is 3. The van der Waals surface area contributed by atoms with Crippen molar-refractivity contribution in [3.8, 4) is 5.75 Å². The molecule has 0 atom stereocenters. The molecule has 0 fully saturated rings. The molecule has 0 saturated heterocycles. The van der Waals surface area contributed by atoms with Gasteiger partial charge < -0.3 is 4.74 Å². The predicted octanol–water partition coefficient (Wildman–Crippen LogP) is 2.24. The first-order valence-corrected chi connectivity index (χ1v) is 8.96. The van der Waals surface area contributed by atoms with Crippen molar-refractivity contribution in [2.45, 2.75) is 30.8 Å². The highest BCUT2D eigenvalue weighted by Crippen LogP contribution is 2.36. The lowest BCUT2D eigenvalue weighted by atomic mass is 10.0. The largest absolute Gasteiger partial charge is 0.487 e. The normalized spacial score (nSPS) is 15.9. The maximum Gasteiger partial charge on any atom is 0.263 e. The number of aromatic nitrogens is 3. The van der Waals surface area contributed by atoms with Gasteiger partial charge in [-0.15, -0.1) is 0 Å². The van der Waals surface area contributed by atoms with Crippen LogP contribution in [0.3, 0.4) is 0 Å². The molecule has 4 rings (SSSR count). The minimum atomic E-state index is -3.74. The third-order valence-electron chi connectivity index (χ3n) is 3.87. The lowest BCUT2D eigenvalue weighted by Crippen LogP contribution is -2.24. The van der Waals surface area contributed by atoms with Gasteiger partial charge >= 0.3 is 0 Å². The summed E-state index contributed by atoms with van der Waals surface area (Å²) in [5, 5.41) is 4.08. The average molecular weight is 344 g/mol. The van der Waals surface area contributed by atoms with Crippen molar-refractivity contribution in [3.05, 3.63) is 48.3 Å². The van der Waals surface area contributed by atoms with Crippen LogP contribution in [0.2, 0.25) is 0 Å². The highest BCUT2D eigenvalue weighted by Gasteiger charge is 2.31. The summed E-state index contributed by atoms with van der Waals surface area (Å²) in [7, 11) is -3.74. The van der Waals surface area contributed by atoms with E-state index >= 15 is 0 Å². The fourth-order valence-corrected chi connectivity index (χ4v) is 3.95.